The molecule has 0 aliphatic heterocycles. The van der Waals surface area contributed by atoms with Crippen LogP contribution in [0.4, 0.5) is 17.6 Å². The Labute approximate surface area is 88.0 Å². The van der Waals surface area contributed by atoms with E-state index in [1.165, 1.54) is 6.92 Å². The molecule has 0 aliphatic rings. The smallest absolute Gasteiger partial charge is 0.434 e. The number of rotatable bonds is 2. The summed E-state index contributed by atoms with van der Waals surface area (Å²) in [5, 5.41) is 0. The topological polar surface area (TPSA) is 39.2 Å². The van der Waals surface area contributed by atoms with E-state index in [-0.39, 0.29) is 6.61 Å². The van der Waals surface area contributed by atoms with Crippen molar-refractivity contribution in [3.05, 3.63) is 29.3 Å². The average Bonchev–Trinajstić information content (AvgIpc) is 2.16. The summed E-state index contributed by atoms with van der Waals surface area (Å²) >= 11 is 0. The van der Waals surface area contributed by atoms with E-state index >= 15 is 0 Å². The van der Waals surface area contributed by atoms with E-state index in [1.54, 1.807) is 0 Å². The van der Waals surface area contributed by atoms with Gasteiger partial charge in [0.05, 0.1) is 12.2 Å². The Morgan fingerprint density at radius 3 is 2.56 bits per heavy atom. The molecule has 16 heavy (non-hydrogen) atoms. The number of nitrogens with zero attached hydrogens (tertiary/aromatic N) is 1. The van der Waals surface area contributed by atoms with Crippen LogP contribution in [0.5, 0.6) is 0 Å². The second-order valence-electron chi connectivity index (χ2n) is 2.75. The lowest BCUT2D eigenvalue weighted by molar-refractivity contribution is -0.142. The molecule has 1 heterocycles. The quantitative estimate of drug-likeness (QED) is 0.450. The van der Waals surface area contributed by atoms with E-state index in [4.69, 9.17) is 0 Å². The fourth-order valence-electron chi connectivity index (χ4n) is 1.02. The number of ether oxygens (including phenoxy) is 1. The Balaban J connectivity index is 3.23. The van der Waals surface area contributed by atoms with Crippen molar-refractivity contribution >= 4 is 5.97 Å². The van der Waals surface area contributed by atoms with Crippen molar-refractivity contribution in [3.63, 3.8) is 0 Å². The lowest BCUT2D eigenvalue weighted by Gasteiger charge is -2.10. The summed E-state index contributed by atoms with van der Waals surface area (Å²) < 4.78 is 54.1. The number of pyridine rings is 1. The van der Waals surface area contributed by atoms with Crippen LogP contribution in [0.3, 0.4) is 0 Å². The van der Waals surface area contributed by atoms with Gasteiger partial charge in [0.1, 0.15) is 0 Å². The highest BCUT2D eigenvalue weighted by molar-refractivity contribution is 5.90. The maximum absolute atomic E-state index is 12.6. The molecule has 88 valence electrons. The number of hydrogen-bond donors (Lipinski definition) is 0. The van der Waals surface area contributed by atoms with Crippen LogP contribution in [0.2, 0.25) is 0 Å². The van der Waals surface area contributed by atoms with E-state index < -0.39 is 29.4 Å². The van der Waals surface area contributed by atoms with E-state index in [0.717, 1.165) is 0 Å². The van der Waals surface area contributed by atoms with Crippen molar-refractivity contribution in [1.82, 2.24) is 4.98 Å². The van der Waals surface area contributed by atoms with E-state index in [0.29, 0.717) is 12.1 Å². The Bertz CT molecular complexity index is 403. The number of hydrogen-bond acceptors (Lipinski definition) is 3. The Morgan fingerprint density at radius 1 is 1.44 bits per heavy atom. The molecule has 0 aromatic carbocycles. The molecule has 3 nitrogen and oxygen atoms in total. The first-order chi connectivity index (χ1) is 7.36. The van der Waals surface area contributed by atoms with Crippen molar-refractivity contribution in [2.75, 3.05) is 6.61 Å². The third-order valence-electron chi connectivity index (χ3n) is 1.63. The lowest BCUT2D eigenvalue weighted by Crippen LogP contribution is -2.17. The average molecular weight is 237 g/mol. The van der Waals surface area contributed by atoms with Gasteiger partial charge in [-0.25, -0.2) is 9.78 Å². The molecule has 0 fully saturated rings. The first-order valence-electron chi connectivity index (χ1n) is 4.27. The molecule has 0 aliphatic carbocycles. The fourth-order valence-corrected chi connectivity index (χ4v) is 1.02. The molecule has 7 heteroatoms. The summed E-state index contributed by atoms with van der Waals surface area (Å²) in [6.45, 7) is 1.37. The molecule has 1 aromatic rings. The molecule has 0 spiro atoms. The molecule has 0 N–H and O–H groups in total. The van der Waals surface area contributed by atoms with Gasteiger partial charge >= 0.3 is 12.1 Å². The standard InChI is InChI=1S/C9H7F4NO2/c1-2-16-8(15)5-3-4-6(10)14-7(5)9(11,12)13/h3-4H,2H2,1H3. The van der Waals surface area contributed by atoms with Crippen molar-refractivity contribution < 1.29 is 27.1 Å². The second-order valence-corrected chi connectivity index (χ2v) is 2.75. The van der Waals surface area contributed by atoms with E-state index in [9.17, 15) is 22.4 Å². The minimum absolute atomic E-state index is 0.0759. The number of carbonyl (C=O) groups is 1. The molecule has 0 saturated carbocycles. The highest BCUT2D eigenvalue weighted by Crippen LogP contribution is 2.30. The van der Waals surface area contributed by atoms with Crippen LogP contribution >= 0.6 is 0 Å². The van der Waals surface area contributed by atoms with Crippen LogP contribution in [0.1, 0.15) is 23.0 Å². The zero-order valence-corrected chi connectivity index (χ0v) is 8.14. The van der Waals surface area contributed by atoms with Gasteiger partial charge in [-0.05, 0) is 19.1 Å². The van der Waals surface area contributed by atoms with E-state index in [2.05, 4.69) is 9.72 Å². The van der Waals surface area contributed by atoms with Gasteiger partial charge in [-0.15, -0.1) is 0 Å². The minimum Gasteiger partial charge on any atom is -0.462 e. The number of aromatic nitrogens is 1. The SMILES string of the molecule is CCOC(=O)c1ccc(F)nc1C(F)(F)F. The normalized spacial score (nSPS) is 11.3. The van der Waals surface area contributed by atoms with Gasteiger partial charge in [-0.2, -0.15) is 17.6 Å². The molecule has 0 amide bonds. The van der Waals surface area contributed by atoms with Crippen molar-refractivity contribution in [3.8, 4) is 0 Å². The number of alkyl halides is 3. The summed E-state index contributed by atoms with van der Waals surface area (Å²) in [4.78, 5) is 13.8. The van der Waals surface area contributed by atoms with Crippen LogP contribution in [0.25, 0.3) is 0 Å². The Morgan fingerprint density at radius 2 is 2.06 bits per heavy atom. The fraction of sp³-hybridized carbons (Fsp3) is 0.333. The zero-order valence-electron chi connectivity index (χ0n) is 8.14. The second kappa shape index (κ2) is 4.46. The Hall–Kier alpha value is -1.66. The Kier molecular flexibility index (Phi) is 3.46. The molecule has 0 atom stereocenters. The van der Waals surface area contributed by atoms with Crippen LogP contribution in [-0.2, 0) is 10.9 Å². The summed E-state index contributed by atoms with van der Waals surface area (Å²) in [6, 6.07) is 1.37. The largest absolute Gasteiger partial charge is 0.462 e. The van der Waals surface area contributed by atoms with Crippen LogP contribution in [0.15, 0.2) is 12.1 Å². The molecule has 0 bridgehead atoms. The maximum atomic E-state index is 12.6. The molecule has 1 aromatic heterocycles. The van der Waals surface area contributed by atoms with Gasteiger partial charge in [0.15, 0.2) is 5.69 Å². The third kappa shape index (κ3) is 2.68. The van der Waals surface area contributed by atoms with Gasteiger partial charge in [0.2, 0.25) is 5.95 Å². The molecule has 0 unspecified atom stereocenters. The number of esters is 1. The summed E-state index contributed by atoms with van der Waals surface area (Å²) in [5.74, 6) is -2.48. The lowest BCUT2D eigenvalue weighted by atomic mass is 10.2. The molecule has 0 saturated heterocycles. The summed E-state index contributed by atoms with van der Waals surface area (Å²) in [6.07, 6.45) is -4.90. The van der Waals surface area contributed by atoms with Gasteiger partial charge in [0, 0.05) is 0 Å². The predicted octanol–water partition coefficient (Wildman–Crippen LogP) is 2.42. The molecular weight excluding hydrogens is 230 g/mol. The molecule has 0 radical (unpaired) electrons. The first kappa shape index (κ1) is 12.4. The number of halogens is 4. The summed E-state index contributed by atoms with van der Waals surface area (Å²) in [5.41, 5.74) is -2.37. The first-order valence-corrected chi connectivity index (χ1v) is 4.27. The predicted molar refractivity (Wildman–Crippen MR) is 45.2 cm³/mol. The minimum atomic E-state index is -4.90. The summed E-state index contributed by atoms with van der Waals surface area (Å²) in [7, 11) is 0. The van der Waals surface area contributed by atoms with Crippen LogP contribution < -0.4 is 0 Å². The zero-order chi connectivity index (χ0) is 12.3. The monoisotopic (exact) mass is 237 g/mol. The number of carbonyl (C=O) groups excluding carboxylic acids is 1. The highest BCUT2D eigenvalue weighted by atomic mass is 19.4. The van der Waals surface area contributed by atoms with Gasteiger partial charge < -0.3 is 4.74 Å². The van der Waals surface area contributed by atoms with Crippen LogP contribution in [0, 0.1) is 5.95 Å². The van der Waals surface area contributed by atoms with Gasteiger partial charge in [0.25, 0.3) is 0 Å². The van der Waals surface area contributed by atoms with Crippen molar-refractivity contribution in [2.24, 2.45) is 0 Å². The third-order valence-corrected chi connectivity index (χ3v) is 1.63. The highest BCUT2D eigenvalue weighted by Gasteiger charge is 2.38. The van der Waals surface area contributed by atoms with Gasteiger partial charge in [-0.3, -0.25) is 0 Å². The van der Waals surface area contributed by atoms with Gasteiger partial charge in [-0.1, -0.05) is 0 Å². The maximum Gasteiger partial charge on any atom is 0.434 e. The van der Waals surface area contributed by atoms with E-state index in [1.807, 2.05) is 0 Å². The molecule has 1 rings (SSSR count). The van der Waals surface area contributed by atoms with Crippen molar-refractivity contribution in [1.29, 1.82) is 0 Å². The molecular formula is C9H7F4NO2. The van der Waals surface area contributed by atoms with Crippen LogP contribution in [-0.4, -0.2) is 17.6 Å². The van der Waals surface area contributed by atoms with Crippen molar-refractivity contribution in [2.45, 2.75) is 13.1 Å².